The van der Waals surface area contributed by atoms with Gasteiger partial charge in [-0.2, -0.15) is 10.1 Å². The van der Waals surface area contributed by atoms with Crippen LogP contribution in [-0.4, -0.2) is 29.3 Å². The highest BCUT2D eigenvalue weighted by molar-refractivity contribution is 9.10. The Morgan fingerprint density at radius 1 is 1.06 bits per heavy atom. The van der Waals surface area contributed by atoms with Gasteiger partial charge in [0, 0.05) is 4.47 Å². The summed E-state index contributed by atoms with van der Waals surface area (Å²) in [5.74, 6) is -0.277. The predicted molar refractivity (Wildman–Crippen MR) is 138 cm³/mol. The summed E-state index contributed by atoms with van der Waals surface area (Å²) in [7, 11) is 0. The maximum Gasteiger partial charge on any atom is 0.335 e. The molecule has 0 radical (unpaired) electrons. The first-order valence-corrected chi connectivity index (χ1v) is 11.7. The zero-order chi connectivity index (χ0) is 24.9. The number of hydrogen-bond donors (Lipinski definition) is 1. The van der Waals surface area contributed by atoms with Gasteiger partial charge in [0.05, 0.1) is 29.1 Å². The summed E-state index contributed by atoms with van der Waals surface area (Å²) in [5, 5.41) is 14.8. The summed E-state index contributed by atoms with van der Waals surface area (Å²) in [4.78, 5) is 24.5. The minimum atomic E-state index is -1.07. The number of carboxylic acids is 1. The molecule has 178 valence electrons. The number of carbonyl (C=O) groups excluding carboxylic acids is 1. The molecule has 0 aromatic heterocycles. The number of nitrogens with zero attached hydrogens (tertiary/aromatic N) is 2. The molecule has 0 unspecified atom stereocenters. The number of halogens is 1. The fourth-order valence-electron chi connectivity index (χ4n) is 3.56. The Hall–Kier alpha value is -3.91. The maximum atomic E-state index is 13.2. The topological polar surface area (TPSA) is 88.4 Å². The molecule has 0 aliphatic carbocycles. The molecular weight excluding hydrogens is 512 g/mol. The zero-order valence-electron chi connectivity index (χ0n) is 19.2. The average molecular weight is 535 g/mol. The minimum absolute atomic E-state index is 0.0794. The largest absolute Gasteiger partial charge is 0.490 e. The molecule has 1 amide bonds. The van der Waals surface area contributed by atoms with Crippen LogP contribution in [0.15, 0.2) is 81.9 Å². The normalized spacial score (nSPS) is 14.3. The number of anilines is 1. The van der Waals surface area contributed by atoms with Crippen LogP contribution in [0.4, 0.5) is 5.69 Å². The first kappa shape index (κ1) is 24.2. The second kappa shape index (κ2) is 10.6. The molecule has 0 saturated heterocycles. The van der Waals surface area contributed by atoms with Crippen molar-refractivity contribution in [3.8, 4) is 11.5 Å². The van der Waals surface area contributed by atoms with E-state index in [0.717, 1.165) is 15.6 Å². The SMILES string of the molecule is CCOc1cc(/C=C2/C(=O)N(c3cccc(C(=O)O)c3)N=C2C)c(Br)cc1OCc1ccccc1. The van der Waals surface area contributed by atoms with Crippen LogP contribution >= 0.6 is 15.9 Å². The standard InChI is InChI=1S/C27H23BrN2O5/c1-3-34-24-14-20(23(28)15-25(24)35-16-18-8-5-4-6-9-18)13-22-17(2)29-30(26(22)31)21-11-7-10-19(12-21)27(32)33/h4-15H,3,16H2,1-2H3,(H,32,33)/b22-13+. The van der Waals surface area contributed by atoms with E-state index in [0.29, 0.717) is 41.7 Å². The fourth-order valence-corrected chi connectivity index (χ4v) is 4.00. The highest BCUT2D eigenvalue weighted by Gasteiger charge is 2.29. The van der Waals surface area contributed by atoms with Gasteiger partial charge in [0.25, 0.3) is 5.91 Å². The van der Waals surface area contributed by atoms with Gasteiger partial charge in [-0.15, -0.1) is 0 Å². The van der Waals surface area contributed by atoms with Crippen LogP contribution < -0.4 is 14.5 Å². The van der Waals surface area contributed by atoms with Gasteiger partial charge in [-0.1, -0.05) is 52.3 Å². The van der Waals surface area contributed by atoms with E-state index < -0.39 is 5.97 Å². The van der Waals surface area contributed by atoms with E-state index in [1.54, 1.807) is 25.1 Å². The number of benzene rings is 3. The molecule has 1 aliphatic rings. The Labute approximate surface area is 211 Å². The van der Waals surface area contributed by atoms with Gasteiger partial charge < -0.3 is 14.6 Å². The molecule has 1 aliphatic heterocycles. The van der Waals surface area contributed by atoms with E-state index in [-0.39, 0.29) is 11.5 Å². The third-order valence-corrected chi connectivity index (χ3v) is 5.99. The molecule has 8 heteroatoms. The van der Waals surface area contributed by atoms with Crippen molar-refractivity contribution in [2.24, 2.45) is 5.10 Å². The van der Waals surface area contributed by atoms with E-state index in [4.69, 9.17) is 9.47 Å². The monoisotopic (exact) mass is 534 g/mol. The van der Waals surface area contributed by atoms with Crippen LogP contribution in [0.2, 0.25) is 0 Å². The molecule has 0 fully saturated rings. The maximum absolute atomic E-state index is 13.2. The van der Waals surface area contributed by atoms with Crippen LogP contribution in [0.5, 0.6) is 11.5 Å². The van der Waals surface area contributed by atoms with Crippen LogP contribution in [0.1, 0.15) is 35.3 Å². The summed E-state index contributed by atoms with van der Waals surface area (Å²) >= 11 is 3.58. The quantitative estimate of drug-likeness (QED) is 0.361. The summed E-state index contributed by atoms with van der Waals surface area (Å²) in [6.45, 7) is 4.47. The lowest BCUT2D eigenvalue weighted by Crippen LogP contribution is -2.21. The zero-order valence-corrected chi connectivity index (χ0v) is 20.8. The van der Waals surface area contributed by atoms with Gasteiger partial charge in [-0.25, -0.2) is 4.79 Å². The minimum Gasteiger partial charge on any atom is -0.490 e. The molecule has 35 heavy (non-hydrogen) atoms. The van der Waals surface area contributed by atoms with Crippen LogP contribution in [-0.2, 0) is 11.4 Å². The second-order valence-corrected chi connectivity index (χ2v) is 8.60. The molecule has 0 spiro atoms. The number of ether oxygens (including phenoxy) is 2. The first-order valence-electron chi connectivity index (χ1n) is 11.0. The van der Waals surface area contributed by atoms with Crippen molar-refractivity contribution in [1.29, 1.82) is 0 Å². The molecule has 3 aromatic carbocycles. The third-order valence-electron chi connectivity index (χ3n) is 5.30. The van der Waals surface area contributed by atoms with Gasteiger partial charge in [-0.3, -0.25) is 4.79 Å². The van der Waals surface area contributed by atoms with Crippen LogP contribution in [0.25, 0.3) is 6.08 Å². The van der Waals surface area contributed by atoms with E-state index in [1.807, 2.05) is 49.4 Å². The number of aromatic carboxylic acids is 1. The molecule has 0 saturated carbocycles. The van der Waals surface area contributed by atoms with E-state index in [9.17, 15) is 14.7 Å². The number of amides is 1. The number of rotatable bonds is 8. The molecule has 4 rings (SSSR count). The average Bonchev–Trinajstić information content (AvgIpc) is 3.14. The molecule has 0 bridgehead atoms. The smallest absolute Gasteiger partial charge is 0.335 e. The van der Waals surface area contributed by atoms with Crippen molar-refractivity contribution in [3.05, 3.63) is 93.5 Å². The molecule has 1 N–H and O–H groups in total. The van der Waals surface area contributed by atoms with Crippen molar-refractivity contribution < 1.29 is 24.2 Å². The Balaban J connectivity index is 1.62. The van der Waals surface area contributed by atoms with Crippen LogP contribution in [0, 0.1) is 0 Å². The highest BCUT2D eigenvalue weighted by Crippen LogP contribution is 2.36. The fraction of sp³-hybridized carbons (Fsp3) is 0.148. The number of hydrazone groups is 1. The lowest BCUT2D eigenvalue weighted by Gasteiger charge is -2.15. The summed E-state index contributed by atoms with van der Waals surface area (Å²) in [5.41, 5.74) is 3.14. The first-order chi connectivity index (χ1) is 16.9. The third kappa shape index (κ3) is 5.44. The Bertz CT molecular complexity index is 1330. The molecule has 0 atom stereocenters. The lowest BCUT2D eigenvalue weighted by molar-refractivity contribution is -0.114. The van der Waals surface area contributed by atoms with E-state index in [1.165, 1.54) is 17.1 Å². The van der Waals surface area contributed by atoms with Crippen molar-refractivity contribution in [1.82, 2.24) is 0 Å². The molecule has 3 aromatic rings. The predicted octanol–water partition coefficient (Wildman–Crippen LogP) is 5.93. The van der Waals surface area contributed by atoms with Crippen molar-refractivity contribution >= 4 is 45.3 Å². The van der Waals surface area contributed by atoms with E-state index in [2.05, 4.69) is 21.0 Å². The highest BCUT2D eigenvalue weighted by atomic mass is 79.9. The van der Waals surface area contributed by atoms with Gasteiger partial charge in [0.2, 0.25) is 0 Å². The number of carbonyl (C=O) groups is 2. The summed E-state index contributed by atoms with van der Waals surface area (Å²) in [6, 6.07) is 19.6. The summed E-state index contributed by atoms with van der Waals surface area (Å²) in [6.07, 6.45) is 1.73. The Kier molecular flexibility index (Phi) is 7.31. The molecule has 1 heterocycles. The Morgan fingerprint density at radius 2 is 1.80 bits per heavy atom. The number of carboxylic acid groups (broad SMARTS) is 1. The van der Waals surface area contributed by atoms with Gasteiger partial charge in [0.15, 0.2) is 11.5 Å². The van der Waals surface area contributed by atoms with Gasteiger partial charge in [-0.05, 0) is 61.4 Å². The second-order valence-electron chi connectivity index (χ2n) is 7.74. The van der Waals surface area contributed by atoms with Crippen molar-refractivity contribution in [3.63, 3.8) is 0 Å². The summed E-state index contributed by atoms with van der Waals surface area (Å²) < 4.78 is 12.5. The molecule has 7 nitrogen and oxygen atoms in total. The lowest BCUT2D eigenvalue weighted by atomic mass is 10.1. The van der Waals surface area contributed by atoms with Crippen molar-refractivity contribution in [2.45, 2.75) is 20.5 Å². The van der Waals surface area contributed by atoms with Crippen molar-refractivity contribution in [2.75, 3.05) is 11.6 Å². The Morgan fingerprint density at radius 3 is 2.51 bits per heavy atom. The van der Waals surface area contributed by atoms with Gasteiger partial charge >= 0.3 is 5.97 Å². The van der Waals surface area contributed by atoms with Gasteiger partial charge in [0.1, 0.15) is 6.61 Å². The number of hydrogen-bond acceptors (Lipinski definition) is 5. The van der Waals surface area contributed by atoms with E-state index >= 15 is 0 Å². The molecular formula is C27H23BrN2O5. The van der Waals surface area contributed by atoms with Crippen LogP contribution in [0.3, 0.4) is 0 Å².